The van der Waals surface area contributed by atoms with Gasteiger partial charge in [0.1, 0.15) is 5.41 Å². The number of amides is 1. The quantitative estimate of drug-likeness (QED) is 0.582. The van der Waals surface area contributed by atoms with Crippen molar-refractivity contribution in [2.24, 2.45) is 11.3 Å². The first-order chi connectivity index (χ1) is 9.49. The minimum absolute atomic E-state index is 0.0231. The zero-order valence-corrected chi connectivity index (χ0v) is 11.7. The van der Waals surface area contributed by atoms with Gasteiger partial charge in [-0.2, -0.15) is 0 Å². The lowest BCUT2D eigenvalue weighted by molar-refractivity contribution is -0.154. The summed E-state index contributed by atoms with van der Waals surface area (Å²) in [5.41, 5.74) is -0.973. The zero-order valence-electron chi connectivity index (χ0n) is 11.7. The summed E-state index contributed by atoms with van der Waals surface area (Å²) in [4.78, 5) is 34.9. The summed E-state index contributed by atoms with van der Waals surface area (Å²) in [5, 5.41) is 11.8. The Kier molecular flexibility index (Phi) is 4.30. The molecule has 0 aromatic heterocycles. The fourth-order valence-electron chi connectivity index (χ4n) is 2.73. The molecular formula is C14H21NO5. The van der Waals surface area contributed by atoms with Crippen molar-refractivity contribution in [1.82, 2.24) is 5.32 Å². The molecule has 0 aliphatic heterocycles. The van der Waals surface area contributed by atoms with E-state index >= 15 is 0 Å². The number of ether oxygens (including phenoxy) is 1. The van der Waals surface area contributed by atoms with Crippen molar-refractivity contribution in [2.45, 2.75) is 51.5 Å². The van der Waals surface area contributed by atoms with Crippen LogP contribution in [0.1, 0.15) is 45.4 Å². The monoisotopic (exact) mass is 283 g/mol. The Balaban J connectivity index is 1.84. The maximum absolute atomic E-state index is 12.2. The number of carbonyl (C=O) groups excluding carboxylic acids is 2. The van der Waals surface area contributed by atoms with Gasteiger partial charge in [0.05, 0.1) is 12.5 Å². The molecule has 2 aliphatic rings. The van der Waals surface area contributed by atoms with Crippen LogP contribution >= 0.6 is 0 Å². The van der Waals surface area contributed by atoms with E-state index in [0.29, 0.717) is 38.5 Å². The van der Waals surface area contributed by atoms with E-state index in [-0.39, 0.29) is 24.5 Å². The van der Waals surface area contributed by atoms with Crippen molar-refractivity contribution in [3.05, 3.63) is 0 Å². The van der Waals surface area contributed by atoms with Crippen LogP contribution in [0.15, 0.2) is 0 Å². The SMILES string of the molecule is CCOC(=O)C1(C(=O)NC2CCC(C(=O)O)CC2)CC1. The van der Waals surface area contributed by atoms with E-state index in [9.17, 15) is 14.4 Å². The molecule has 2 aliphatic carbocycles. The Hall–Kier alpha value is -1.59. The predicted molar refractivity (Wildman–Crippen MR) is 69.8 cm³/mol. The molecule has 2 saturated carbocycles. The molecule has 2 N–H and O–H groups in total. The van der Waals surface area contributed by atoms with E-state index in [0.717, 1.165) is 0 Å². The Morgan fingerprint density at radius 2 is 1.80 bits per heavy atom. The third-order valence-corrected chi connectivity index (χ3v) is 4.26. The number of carboxylic acid groups (broad SMARTS) is 1. The van der Waals surface area contributed by atoms with Crippen LogP contribution in [0, 0.1) is 11.3 Å². The molecule has 6 nitrogen and oxygen atoms in total. The van der Waals surface area contributed by atoms with Gasteiger partial charge in [-0.3, -0.25) is 14.4 Å². The second-order valence-electron chi connectivity index (χ2n) is 5.66. The highest BCUT2D eigenvalue weighted by atomic mass is 16.5. The van der Waals surface area contributed by atoms with Gasteiger partial charge in [0.2, 0.25) is 5.91 Å². The van der Waals surface area contributed by atoms with Crippen molar-refractivity contribution in [3.8, 4) is 0 Å². The minimum Gasteiger partial charge on any atom is -0.481 e. The summed E-state index contributed by atoms with van der Waals surface area (Å²) in [6.07, 6.45) is 3.55. The molecule has 0 atom stereocenters. The van der Waals surface area contributed by atoms with Gasteiger partial charge >= 0.3 is 11.9 Å². The number of aliphatic carboxylic acids is 1. The minimum atomic E-state index is -0.973. The van der Waals surface area contributed by atoms with Crippen molar-refractivity contribution < 1.29 is 24.2 Å². The first-order valence-corrected chi connectivity index (χ1v) is 7.20. The van der Waals surface area contributed by atoms with E-state index < -0.39 is 17.4 Å². The topological polar surface area (TPSA) is 92.7 Å². The third-order valence-electron chi connectivity index (χ3n) is 4.26. The molecular weight excluding hydrogens is 262 g/mol. The van der Waals surface area contributed by atoms with Crippen LogP contribution < -0.4 is 5.32 Å². The number of nitrogens with one attached hydrogen (secondary N) is 1. The Labute approximate surface area is 117 Å². The number of hydrogen-bond acceptors (Lipinski definition) is 4. The Morgan fingerprint density at radius 1 is 1.20 bits per heavy atom. The van der Waals surface area contributed by atoms with E-state index in [4.69, 9.17) is 9.84 Å². The van der Waals surface area contributed by atoms with Gasteiger partial charge in [0, 0.05) is 6.04 Å². The summed E-state index contributed by atoms with van der Waals surface area (Å²) in [7, 11) is 0. The second-order valence-corrected chi connectivity index (χ2v) is 5.66. The third kappa shape index (κ3) is 2.94. The highest BCUT2D eigenvalue weighted by Crippen LogP contribution is 2.47. The van der Waals surface area contributed by atoms with Gasteiger partial charge in [-0.25, -0.2) is 0 Å². The molecule has 0 aromatic carbocycles. The van der Waals surface area contributed by atoms with E-state index in [1.54, 1.807) is 6.92 Å². The average molecular weight is 283 g/mol. The van der Waals surface area contributed by atoms with Crippen molar-refractivity contribution in [1.29, 1.82) is 0 Å². The molecule has 20 heavy (non-hydrogen) atoms. The molecule has 0 saturated heterocycles. The Bertz CT molecular complexity index is 408. The highest BCUT2D eigenvalue weighted by Gasteiger charge is 2.58. The number of carboxylic acids is 1. The van der Waals surface area contributed by atoms with E-state index in [1.807, 2.05) is 0 Å². The van der Waals surface area contributed by atoms with Crippen LogP contribution in [0.2, 0.25) is 0 Å². The van der Waals surface area contributed by atoms with Crippen LogP contribution in [0.3, 0.4) is 0 Å². The lowest BCUT2D eigenvalue weighted by atomic mass is 9.86. The number of hydrogen-bond donors (Lipinski definition) is 2. The maximum atomic E-state index is 12.2. The van der Waals surface area contributed by atoms with Crippen LogP contribution in [0.25, 0.3) is 0 Å². The van der Waals surface area contributed by atoms with Gasteiger partial charge in [0.15, 0.2) is 0 Å². The van der Waals surface area contributed by atoms with Crippen molar-refractivity contribution in [2.75, 3.05) is 6.61 Å². The number of esters is 1. The summed E-state index contributed by atoms with van der Waals surface area (Å²) >= 11 is 0. The summed E-state index contributed by atoms with van der Waals surface area (Å²) in [6.45, 7) is 2.00. The maximum Gasteiger partial charge on any atom is 0.321 e. The first-order valence-electron chi connectivity index (χ1n) is 7.20. The average Bonchev–Trinajstić information content (AvgIpc) is 3.21. The van der Waals surface area contributed by atoms with Gasteiger partial charge in [-0.15, -0.1) is 0 Å². The summed E-state index contributed by atoms with van der Waals surface area (Å²) in [6, 6.07) is -0.0231. The van der Waals surface area contributed by atoms with Crippen LogP contribution in [-0.4, -0.2) is 35.6 Å². The molecule has 1 amide bonds. The number of rotatable bonds is 5. The lowest BCUT2D eigenvalue weighted by Crippen LogP contribution is -2.45. The molecule has 0 heterocycles. The van der Waals surface area contributed by atoms with Gasteiger partial charge in [0.25, 0.3) is 0 Å². The first kappa shape index (κ1) is 14.8. The van der Waals surface area contributed by atoms with Gasteiger partial charge in [-0.05, 0) is 45.4 Å². The van der Waals surface area contributed by atoms with E-state index in [2.05, 4.69) is 5.32 Å². The van der Waals surface area contributed by atoms with Crippen LogP contribution in [0.4, 0.5) is 0 Å². The molecule has 0 unspecified atom stereocenters. The molecule has 0 bridgehead atoms. The fourth-order valence-corrected chi connectivity index (χ4v) is 2.73. The summed E-state index contributed by atoms with van der Waals surface area (Å²) in [5.74, 6) is -1.76. The molecule has 6 heteroatoms. The molecule has 2 rings (SSSR count). The predicted octanol–water partition coefficient (Wildman–Crippen LogP) is 1.09. The normalized spacial score (nSPS) is 27.4. The number of carbonyl (C=O) groups is 3. The van der Waals surface area contributed by atoms with Gasteiger partial charge in [-0.1, -0.05) is 0 Å². The fraction of sp³-hybridized carbons (Fsp3) is 0.786. The Morgan fingerprint density at radius 3 is 2.25 bits per heavy atom. The molecule has 0 radical (unpaired) electrons. The highest BCUT2D eigenvalue weighted by molar-refractivity contribution is 6.05. The zero-order chi connectivity index (χ0) is 14.8. The van der Waals surface area contributed by atoms with E-state index in [1.165, 1.54) is 0 Å². The smallest absolute Gasteiger partial charge is 0.321 e. The van der Waals surface area contributed by atoms with Gasteiger partial charge < -0.3 is 15.2 Å². The second kappa shape index (κ2) is 5.81. The lowest BCUT2D eigenvalue weighted by Gasteiger charge is -2.28. The molecule has 0 spiro atoms. The standard InChI is InChI=1S/C14H21NO5/c1-2-20-13(19)14(7-8-14)12(18)15-10-5-3-9(4-6-10)11(16)17/h9-10H,2-8H2,1H3,(H,15,18)(H,16,17). The molecule has 0 aromatic rings. The van der Waals surface area contributed by atoms with Crippen LogP contribution in [-0.2, 0) is 19.1 Å². The van der Waals surface area contributed by atoms with Crippen molar-refractivity contribution >= 4 is 17.8 Å². The van der Waals surface area contributed by atoms with Crippen LogP contribution in [0.5, 0.6) is 0 Å². The largest absolute Gasteiger partial charge is 0.481 e. The molecule has 112 valence electrons. The summed E-state index contributed by atoms with van der Waals surface area (Å²) < 4.78 is 4.95. The van der Waals surface area contributed by atoms with Crippen molar-refractivity contribution in [3.63, 3.8) is 0 Å². The molecule has 2 fully saturated rings.